The van der Waals surface area contributed by atoms with Crippen molar-refractivity contribution < 1.29 is 19.6 Å². The van der Waals surface area contributed by atoms with Gasteiger partial charge in [-0.2, -0.15) is 0 Å². The number of aromatic nitrogens is 1. The van der Waals surface area contributed by atoms with Gasteiger partial charge in [-0.1, -0.05) is 6.92 Å². The van der Waals surface area contributed by atoms with Crippen molar-refractivity contribution in [2.75, 3.05) is 13.6 Å². The molecule has 0 fully saturated rings. The first-order valence-electron chi connectivity index (χ1n) is 6.10. The molecule has 0 saturated carbocycles. The van der Waals surface area contributed by atoms with Gasteiger partial charge in [0.2, 0.25) is 0 Å². The monoisotopic (exact) mass is 283 g/mol. The van der Waals surface area contributed by atoms with Gasteiger partial charge < -0.3 is 14.6 Å². The molecule has 0 radical (unpaired) electrons. The Labute approximate surface area is 115 Å². The quantitative estimate of drug-likeness (QED) is 0.624. The topological polar surface area (TPSA) is 106 Å². The number of hydrogen-bond donors (Lipinski definition) is 1. The molecule has 0 aliphatic carbocycles. The summed E-state index contributed by atoms with van der Waals surface area (Å²) in [6.45, 7) is 3.71. The Morgan fingerprint density at radius 3 is 2.60 bits per heavy atom. The minimum Gasteiger partial charge on any atom is -0.481 e. The highest BCUT2D eigenvalue weighted by molar-refractivity contribution is 5.93. The van der Waals surface area contributed by atoms with E-state index in [0.717, 1.165) is 0 Å². The Hall–Kier alpha value is -2.38. The molecule has 1 aromatic heterocycles. The van der Waals surface area contributed by atoms with E-state index in [1.165, 1.54) is 35.7 Å². The Balaban J connectivity index is 2.96. The highest BCUT2D eigenvalue weighted by Gasteiger charge is 2.23. The van der Waals surface area contributed by atoms with Crippen LogP contribution >= 0.6 is 0 Å². The number of aryl methyl sites for hydroxylation is 1. The van der Waals surface area contributed by atoms with Crippen molar-refractivity contribution in [3.05, 3.63) is 28.1 Å². The van der Waals surface area contributed by atoms with Crippen molar-refractivity contribution in [1.29, 1.82) is 0 Å². The third-order valence-corrected chi connectivity index (χ3v) is 2.97. The fourth-order valence-electron chi connectivity index (χ4n) is 1.80. The molecule has 8 nitrogen and oxygen atoms in total. The zero-order chi connectivity index (χ0) is 15.4. The molecule has 1 atom stereocenters. The zero-order valence-electron chi connectivity index (χ0n) is 11.6. The van der Waals surface area contributed by atoms with Crippen LogP contribution in [0, 0.1) is 16.0 Å². The van der Waals surface area contributed by atoms with Crippen LogP contribution in [0.5, 0.6) is 0 Å². The fraction of sp³-hybridized carbons (Fsp3) is 0.500. The van der Waals surface area contributed by atoms with Crippen molar-refractivity contribution in [3.63, 3.8) is 0 Å². The standard InChI is InChI=1S/C12H17N3O5/c1-4-14-7-9(15(19)20)5-10(14)11(16)13(3)6-8(2)12(17)18/h5,7-8H,4,6H2,1-3H3,(H,17,18). The number of rotatable bonds is 6. The van der Waals surface area contributed by atoms with Crippen LogP contribution in [0.2, 0.25) is 0 Å². The summed E-state index contributed by atoms with van der Waals surface area (Å²) in [6, 6.07) is 1.20. The van der Waals surface area contributed by atoms with E-state index in [1.54, 1.807) is 6.92 Å². The van der Waals surface area contributed by atoms with E-state index in [9.17, 15) is 19.7 Å². The first-order chi connectivity index (χ1) is 9.27. The van der Waals surface area contributed by atoms with Crippen LogP contribution in [0.4, 0.5) is 5.69 Å². The molecule has 8 heteroatoms. The van der Waals surface area contributed by atoms with Crippen molar-refractivity contribution in [2.45, 2.75) is 20.4 Å². The smallest absolute Gasteiger partial charge is 0.308 e. The molecular weight excluding hydrogens is 266 g/mol. The van der Waals surface area contributed by atoms with Gasteiger partial charge in [-0.3, -0.25) is 19.7 Å². The van der Waals surface area contributed by atoms with Gasteiger partial charge in [0.1, 0.15) is 5.69 Å². The Bertz CT molecular complexity index is 537. The zero-order valence-corrected chi connectivity index (χ0v) is 11.6. The summed E-state index contributed by atoms with van der Waals surface area (Å²) < 4.78 is 1.47. The van der Waals surface area contributed by atoms with Gasteiger partial charge in [0, 0.05) is 26.2 Å². The van der Waals surface area contributed by atoms with E-state index < -0.39 is 22.7 Å². The minimum atomic E-state index is -0.999. The SMILES string of the molecule is CCn1cc([N+](=O)[O-])cc1C(=O)N(C)CC(C)C(=O)O. The number of hydrogen-bond acceptors (Lipinski definition) is 4. The van der Waals surface area contributed by atoms with Gasteiger partial charge >= 0.3 is 5.97 Å². The number of carboxylic acid groups (broad SMARTS) is 1. The van der Waals surface area contributed by atoms with Gasteiger partial charge in [-0.05, 0) is 6.92 Å². The van der Waals surface area contributed by atoms with Gasteiger partial charge in [0.25, 0.3) is 11.6 Å². The molecule has 1 aromatic rings. The van der Waals surface area contributed by atoms with E-state index >= 15 is 0 Å². The number of nitrogens with zero attached hydrogens (tertiary/aromatic N) is 3. The number of carbonyl (C=O) groups is 2. The maximum absolute atomic E-state index is 12.2. The molecule has 0 saturated heterocycles. The highest BCUT2D eigenvalue weighted by atomic mass is 16.6. The summed E-state index contributed by atoms with van der Waals surface area (Å²) in [5.74, 6) is -2.14. The molecule has 1 N–H and O–H groups in total. The summed E-state index contributed by atoms with van der Waals surface area (Å²) in [6.07, 6.45) is 1.29. The lowest BCUT2D eigenvalue weighted by atomic mass is 10.1. The largest absolute Gasteiger partial charge is 0.481 e. The lowest BCUT2D eigenvalue weighted by Gasteiger charge is -2.19. The highest BCUT2D eigenvalue weighted by Crippen LogP contribution is 2.18. The molecule has 20 heavy (non-hydrogen) atoms. The molecule has 0 aliphatic rings. The number of carboxylic acids is 1. The molecule has 110 valence electrons. The van der Waals surface area contributed by atoms with Crippen LogP contribution in [0.25, 0.3) is 0 Å². The second kappa shape index (κ2) is 6.18. The summed E-state index contributed by atoms with van der Waals surface area (Å²) in [7, 11) is 1.47. The van der Waals surface area contributed by atoms with Crippen LogP contribution in [0.1, 0.15) is 24.3 Å². The van der Waals surface area contributed by atoms with Crippen LogP contribution in [0.15, 0.2) is 12.3 Å². The average Bonchev–Trinajstić information content (AvgIpc) is 2.81. The molecular formula is C12H17N3O5. The van der Waals surface area contributed by atoms with Crippen LogP contribution in [-0.4, -0.2) is 45.0 Å². The number of nitro groups is 1. The molecule has 0 aromatic carbocycles. The maximum Gasteiger partial charge on any atom is 0.308 e. The van der Waals surface area contributed by atoms with Gasteiger partial charge in [-0.15, -0.1) is 0 Å². The van der Waals surface area contributed by atoms with Gasteiger partial charge in [0.15, 0.2) is 0 Å². The van der Waals surface area contributed by atoms with Crippen LogP contribution in [-0.2, 0) is 11.3 Å². The second-order valence-electron chi connectivity index (χ2n) is 4.55. The first kappa shape index (κ1) is 15.7. The van der Waals surface area contributed by atoms with E-state index in [-0.39, 0.29) is 17.9 Å². The third-order valence-electron chi connectivity index (χ3n) is 2.97. The second-order valence-corrected chi connectivity index (χ2v) is 4.55. The molecule has 0 spiro atoms. The summed E-state index contributed by atoms with van der Waals surface area (Å²) in [5.41, 5.74) is 0.0224. The summed E-state index contributed by atoms with van der Waals surface area (Å²) in [4.78, 5) is 34.4. The van der Waals surface area contributed by atoms with Crippen molar-refractivity contribution >= 4 is 17.6 Å². The minimum absolute atomic E-state index is 0.0386. The fourth-order valence-corrected chi connectivity index (χ4v) is 1.80. The molecule has 0 bridgehead atoms. The number of aliphatic carboxylic acids is 1. The van der Waals surface area contributed by atoms with Crippen molar-refractivity contribution in [2.24, 2.45) is 5.92 Å². The summed E-state index contributed by atoms with van der Waals surface area (Å²) in [5, 5.41) is 19.6. The van der Waals surface area contributed by atoms with Crippen LogP contribution in [0.3, 0.4) is 0 Å². The Morgan fingerprint density at radius 1 is 1.55 bits per heavy atom. The molecule has 1 rings (SSSR count). The Kier molecular flexibility index (Phi) is 4.84. The maximum atomic E-state index is 12.2. The third kappa shape index (κ3) is 3.34. The van der Waals surface area contributed by atoms with Crippen LogP contribution < -0.4 is 0 Å². The average molecular weight is 283 g/mol. The first-order valence-corrected chi connectivity index (χ1v) is 6.10. The summed E-state index contributed by atoms with van der Waals surface area (Å²) >= 11 is 0. The van der Waals surface area contributed by atoms with E-state index in [1.807, 2.05) is 0 Å². The normalized spacial score (nSPS) is 11.9. The van der Waals surface area contributed by atoms with Gasteiger partial charge in [0.05, 0.1) is 17.0 Å². The van der Waals surface area contributed by atoms with Crippen molar-refractivity contribution in [3.8, 4) is 0 Å². The van der Waals surface area contributed by atoms with E-state index in [0.29, 0.717) is 6.54 Å². The Morgan fingerprint density at radius 2 is 2.15 bits per heavy atom. The predicted octanol–water partition coefficient (Wildman–Crippen LogP) is 1.21. The van der Waals surface area contributed by atoms with E-state index in [4.69, 9.17) is 5.11 Å². The number of amides is 1. The molecule has 1 amide bonds. The lowest BCUT2D eigenvalue weighted by molar-refractivity contribution is -0.384. The van der Waals surface area contributed by atoms with Crippen molar-refractivity contribution in [1.82, 2.24) is 9.47 Å². The van der Waals surface area contributed by atoms with Gasteiger partial charge in [-0.25, -0.2) is 0 Å². The predicted molar refractivity (Wildman–Crippen MR) is 70.5 cm³/mol. The molecule has 1 heterocycles. The van der Waals surface area contributed by atoms with E-state index in [2.05, 4.69) is 0 Å². The molecule has 1 unspecified atom stereocenters. The number of carbonyl (C=O) groups excluding carboxylic acids is 1. The molecule has 0 aliphatic heterocycles. The lowest BCUT2D eigenvalue weighted by Crippen LogP contribution is -2.34.